The van der Waals surface area contributed by atoms with Crippen molar-refractivity contribution in [2.24, 2.45) is 5.92 Å². The molecule has 2 aromatic carbocycles. The molecule has 0 saturated carbocycles. The monoisotopic (exact) mass is 483 g/mol. The normalized spacial score (nSPS) is 16.1. The maximum Gasteiger partial charge on any atom is 0.259 e. The Kier molecular flexibility index (Phi) is 7.12. The number of nitrogens with one attached hydrogen (secondary N) is 1. The van der Waals surface area contributed by atoms with Gasteiger partial charge in [-0.05, 0) is 69.7 Å². The lowest BCUT2D eigenvalue weighted by atomic mass is 9.94. The molecule has 3 aromatic rings. The molecular weight excluding hydrogens is 450 g/mol. The zero-order valence-corrected chi connectivity index (χ0v) is 21.1. The first-order valence-electron chi connectivity index (χ1n) is 11.6. The van der Waals surface area contributed by atoms with Gasteiger partial charge in [0.25, 0.3) is 5.56 Å². The van der Waals surface area contributed by atoms with Crippen LogP contribution >= 0.6 is 0 Å². The highest BCUT2D eigenvalue weighted by atomic mass is 32.2. The minimum atomic E-state index is -3.59. The van der Waals surface area contributed by atoms with Gasteiger partial charge in [0, 0.05) is 34.8 Å². The van der Waals surface area contributed by atoms with Crippen molar-refractivity contribution in [2.75, 3.05) is 40.6 Å². The van der Waals surface area contributed by atoms with E-state index >= 15 is 0 Å². The standard InChI is InChI=1S/C26H33N3O4S/c1-28(2)17-23-24(18-8-6-5-7-9-18)22-16-20(33-3)10-11-21(22)25(30)29(23)26(34(4,31)32)19-12-14-27-15-13-19/h5-11,16,19,26-27H,12-15,17H2,1-4H3. The predicted octanol–water partition coefficient (Wildman–Crippen LogP) is 3.28. The van der Waals surface area contributed by atoms with Crippen LogP contribution in [0.5, 0.6) is 5.75 Å². The average molecular weight is 484 g/mol. The number of nitrogens with zero attached hydrogens (tertiary/aromatic N) is 2. The second-order valence-corrected chi connectivity index (χ2v) is 11.5. The van der Waals surface area contributed by atoms with E-state index in [9.17, 15) is 13.2 Å². The minimum Gasteiger partial charge on any atom is -0.497 e. The van der Waals surface area contributed by atoms with Gasteiger partial charge in [0.1, 0.15) is 11.1 Å². The first-order valence-corrected chi connectivity index (χ1v) is 13.5. The van der Waals surface area contributed by atoms with Gasteiger partial charge >= 0.3 is 0 Å². The van der Waals surface area contributed by atoms with Gasteiger partial charge in [-0.15, -0.1) is 0 Å². The van der Waals surface area contributed by atoms with Crippen LogP contribution < -0.4 is 15.6 Å². The summed E-state index contributed by atoms with van der Waals surface area (Å²) in [4.78, 5) is 16.0. The van der Waals surface area contributed by atoms with E-state index in [2.05, 4.69) is 5.32 Å². The second-order valence-electron chi connectivity index (χ2n) is 9.32. The molecule has 1 saturated heterocycles. The van der Waals surface area contributed by atoms with Crippen molar-refractivity contribution in [3.05, 3.63) is 64.6 Å². The maximum absolute atomic E-state index is 14.1. The summed E-state index contributed by atoms with van der Waals surface area (Å²) in [7, 11) is 1.87. The van der Waals surface area contributed by atoms with E-state index in [0.29, 0.717) is 36.2 Å². The van der Waals surface area contributed by atoms with Crippen molar-refractivity contribution in [2.45, 2.75) is 24.8 Å². The van der Waals surface area contributed by atoms with Gasteiger partial charge in [0.2, 0.25) is 0 Å². The molecule has 0 amide bonds. The molecule has 4 rings (SSSR count). The lowest BCUT2D eigenvalue weighted by Crippen LogP contribution is -2.41. The van der Waals surface area contributed by atoms with Crippen molar-refractivity contribution in [3.8, 4) is 16.9 Å². The number of piperidine rings is 1. The van der Waals surface area contributed by atoms with Gasteiger partial charge in [-0.1, -0.05) is 30.3 Å². The van der Waals surface area contributed by atoms with Crippen LogP contribution in [0.15, 0.2) is 53.3 Å². The number of hydrogen-bond donors (Lipinski definition) is 1. The van der Waals surface area contributed by atoms with Gasteiger partial charge in [-0.3, -0.25) is 9.36 Å². The fourth-order valence-corrected chi connectivity index (χ4v) is 6.68. The molecule has 182 valence electrons. The molecule has 34 heavy (non-hydrogen) atoms. The number of benzene rings is 2. The van der Waals surface area contributed by atoms with Crippen molar-refractivity contribution in [1.29, 1.82) is 0 Å². The Hall–Kier alpha value is -2.68. The third kappa shape index (κ3) is 4.76. The highest BCUT2D eigenvalue weighted by Crippen LogP contribution is 2.38. The summed E-state index contributed by atoms with van der Waals surface area (Å²) >= 11 is 0. The first-order chi connectivity index (χ1) is 16.2. The van der Waals surface area contributed by atoms with Crippen molar-refractivity contribution in [1.82, 2.24) is 14.8 Å². The molecule has 8 heteroatoms. The van der Waals surface area contributed by atoms with E-state index in [4.69, 9.17) is 4.74 Å². The van der Waals surface area contributed by atoms with Gasteiger partial charge in [0.15, 0.2) is 9.84 Å². The summed E-state index contributed by atoms with van der Waals surface area (Å²) in [6, 6.07) is 15.2. The van der Waals surface area contributed by atoms with E-state index in [-0.39, 0.29) is 11.5 Å². The average Bonchev–Trinajstić information content (AvgIpc) is 2.81. The number of sulfone groups is 1. The van der Waals surface area contributed by atoms with Crippen LogP contribution in [0.25, 0.3) is 21.9 Å². The topological polar surface area (TPSA) is 80.6 Å². The molecule has 1 fully saturated rings. The lowest BCUT2D eigenvalue weighted by Gasteiger charge is -2.34. The van der Waals surface area contributed by atoms with Crippen molar-refractivity contribution < 1.29 is 13.2 Å². The molecule has 0 radical (unpaired) electrons. The molecule has 0 bridgehead atoms. The number of fused-ring (bicyclic) bond motifs is 1. The molecule has 1 aliphatic heterocycles. The van der Waals surface area contributed by atoms with Gasteiger partial charge < -0.3 is 15.0 Å². The van der Waals surface area contributed by atoms with Crippen LogP contribution in [0, 0.1) is 5.92 Å². The quantitative estimate of drug-likeness (QED) is 0.556. The summed E-state index contributed by atoms with van der Waals surface area (Å²) in [6.07, 6.45) is 2.66. The Morgan fingerprint density at radius 1 is 1.09 bits per heavy atom. The van der Waals surface area contributed by atoms with Crippen molar-refractivity contribution >= 4 is 20.6 Å². The third-order valence-corrected chi connectivity index (χ3v) is 8.01. The summed E-state index contributed by atoms with van der Waals surface area (Å²) < 4.78 is 33.6. The predicted molar refractivity (Wildman–Crippen MR) is 137 cm³/mol. The molecular formula is C26H33N3O4S. The number of pyridine rings is 1. The first kappa shape index (κ1) is 24.4. The fraction of sp³-hybridized carbons (Fsp3) is 0.423. The molecule has 7 nitrogen and oxygen atoms in total. The molecule has 1 aromatic heterocycles. The highest BCUT2D eigenvalue weighted by Gasteiger charge is 2.36. The van der Waals surface area contributed by atoms with Crippen LogP contribution in [0.4, 0.5) is 0 Å². The number of rotatable bonds is 7. The summed E-state index contributed by atoms with van der Waals surface area (Å²) in [5, 5.41) is 3.64. The van der Waals surface area contributed by atoms with E-state index < -0.39 is 15.2 Å². The van der Waals surface area contributed by atoms with E-state index in [1.807, 2.05) is 55.4 Å². The van der Waals surface area contributed by atoms with Crippen molar-refractivity contribution in [3.63, 3.8) is 0 Å². The van der Waals surface area contributed by atoms with E-state index in [1.165, 1.54) is 6.26 Å². The Balaban J connectivity index is 2.16. The largest absolute Gasteiger partial charge is 0.497 e. The minimum absolute atomic E-state index is 0.144. The van der Waals surface area contributed by atoms with Crippen LogP contribution in [0.3, 0.4) is 0 Å². The lowest BCUT2D eigenvalue weighted by molar-refractivity contribution is 0.299. The van der Waals surface area contributed by atoms with E-state index in [1.54, 1.807) is 23.8 Å². The number of methoxy groups -OCH3 is 1. The van der Waals surface area contributed by atoms with E-state index in [0.717, 1.165) is 29.6 Å². The molecule has 2 heterocycles. The van der Waals surface area contributed by atoms with Gasteiger partial charge in [0.05, 0.1) is 7.11 Å². The maximum atomic E-state index is 14.1. The summed E-state index contributed by atoms with van der Waals surface area (Å²) in [6.45, 7) is 1.90. The third-order valence-electron chi connectivity index (χ3n) is 6.53. The Bertz CT molecular complexity index is 1330. The fourth-order valence-electron chi connectivity index (χ4n) is 5.10. The summed E-state index contributed by atoms with van der Waals surface area (Å²) in [5.41, 5.74) is 2.23. The second kappa shape index (κ2) is 9.90. The molecule has 0 spiro atoms. The van der Waals surface area contributed by atoms with Gasteiger partial charge in [-0.2, -0.15) is 0 Å². The van der Waals surface area contributed by atoms with Crippen LogP contribution in [-0.4, -0.2) is 58.4 Å². The molecule has 1 unspecified atom stereocenters. The number of aromatic nitrogens is 1. The smallest absolute Gasteiger partial charge is 0.259 e. The number of ether oxygens (including phenoxy) is 1. The van der Waals surface area contributed by atoms with Gasteiger partial charge in [-0.25, -0.2) is 8.42 Å². The molecule has 0 aliphatic carbocycles. The molecule has 1 aliphatic rings. The molecule has 1 N–H and O–H groups in total. The highest BCUT2D eigenvalue weighted by molar-refractivity contribution is 7.90. The van der Waals surface area contributed by atoms with Crippen LogP contribution in [0.1, 0.15) is 23.9 Å². The zero-order valence-electron chi connectivity index (χ0n) is 20.2. The summed E-state index contributed by atoms with van der Waals surface area (Å²) in [5.74, 6) is 0.504. The molecule has 1 atom stereocenters. The number of hydrogen-bond acceptors (Lipinski definition) is 6. The SMILES string of the molecule is COc1ccc2c(=O)n(C(C3CCNCC3)S(C)(=O)=O)c(CN(C)C)c(-c3ccccc3)c2c1. The Morgan fingerprint density at radius 3 is 2.35 bits per heavy atom. The Labute approximate surface area is 201 Å². The van der Waals surface area contributed by atoms with Crippen LogP contribution in [-0.2, 0) is 16.4 Å². The van der Waals surface area contributed by atoms with Crippen LogP contribution in [0.2, 0.25) is 0 Å². The zero-order chi connectivity index (χ0) is 24.5. The Morgan fingerprint density at radius 2 is 1.76 bits per heavy atom.